The Kier molecular flexibility index (Phi) is 19.3. The lowest BCUT2D eigenvalue weighted by Gasteiger charge is -2.48. The van der Waals surface area contributed by atoms with E-state index in [2.05, 4.69) is 8.37 Å². The molecule has 4 aliphatic rings. The first-order valence-electron chi connectivity index (χ1n) is 18.2. The number of esters is 1. The molecular weight excluding hydrogens is 957 g/mol. The number of carbonyl (C=O) groups excluding carboxylic acids is 1. The summed E-state index contributed by atoms with van der Waals surface area (Å²) in [6, 6.07) is 0. The monoisotopic (exact) mass is 1010 g/mol. The van der Waals surface area contributed by atoms with Crippen LogP contribution in [0.1, 0.15) is 19.8 Å². The van der Waals surface area contributed by atoms with Gasteiger partial charge in [0.1, 0.15) is 42.7 Å². The summed E-state index contributed by atoms with van der Waals surface area (Å²) in [5.74, 6) is -1.69. The lowest BCUT2D eigenvalue weighted by molar-refractivity contribution is -0.360. The molecule has 5 N–H and O–H groups in total. The number of methoxy groups -OCH3 is 5. The van der Waals surface area contributed by atoms with Gasteiger partial charge in [0.15, 0.2) is 37.4 Å². The summed E-state index contributed by atoms with van der Waals surface area (Å²) in [6.07, 6.45) is -27.6. The van der Waals surface area contributed by atoms with Gasteiger partial charge in [0.2, 0.25) is 0 Å². The van der Waals surface area contributed by atoms with Crippen LogP contribution in [0.3, 0.4) is 0 Å². The van der Waals surface area contributed by atoms with Crippen LogP contribution in [0.2, 0.25) is 0 Å². The molecular formula is C29H50O30S4. The van der Waals surface area contributed by atoms with E-state index in [4.69, 9.17) is 69.8 Å². The molecule has 30 nitrogen and oxygen atoms in total. The van der Waals surface area contributed by atoms with Crippen molar-refractivity contribution in [3.63, 3.8) is 0 Å². The van der Waals surface area contributed by atoms with Crippen LogP contribution in [-0.4, -0.2) is 217 Å². The van der Waals surface area contributed by atoms with Crippen LogP contribution in [0.25, 0.3) is 0 Å². The molecule has 0 unspecified atom stereocenters. The summed E-state index contributed by atoms with van der Waals surface area (Å²) in [5, 5.41) is 10.3. The number of aliphatic hydroxyl groups excluding tert-OH is 1. The molecule has 4 fully saturated rings. The molecule has 0 aromatic rings. The fraction of sp³-hybridized carbons (Fsp3) is 0.966. The van der Waals surface area contributed by atoms with Gasteiger partial charge in [-0.25, -0.2) is 21.5 Å². The minimum Gasteiger partial charge on any atom is -0.467 e. The van der Waals surface area contributed by atoms with Gasteiger partial charge in [-0.05, 0) is 0 Å². The van der Waals surface area contributed by atoms with Crippen molar-refractivity contribution in [2.45, 2.75) is 118 Å². The van der Waals surface area contributed by atoms with E-state index in [1.54, 1.807) is 6.92 Å². The number of rotatable bonds is 21. The fourth-order valence-corrected chi connectivity index (χ4v) is 8.82. The first kappa shape index (κ1) is 54.1. The highest BCUT2D eigenvalue weighted by atomic mass is 32.3. The van der Waals surface area contributed by atoms with Crippen molar-refractivity contribution in [1.82, 2.24) is 0 Å². The van der Waals surface area contributed by atoms with E-state index in [0.717, 1.165) is 28.4 Å². The predicted octanol–water partition coefficient (Wildman–Crippen LogP) is -3.67. The topological polar surface area (TPSA) is 402 Å². The number of carbonyl (C=O) groups is 1. The maximum Gasteiger partial charge on any atom is 0.397 e. The van der Waals surface area contributed by atoms with Gasteiger partial charge < -0.3 is 61.9 Å². The summed E-state index contributed by atoms with van der Waals surface area (Å²) >= 11 is 0. The van der Waals surface area contributed by atoms with Gasteiger partial charge in [-0.1, -0.05) is 6.92 Å². The van der Waals surface area contributed by atoms with Crippen LogP contribution >= 0.6 is 0 Å². The average molecular weight is 1010 g/mol. The third-order valence-electron chi connectivity index (χ3n) is 10.0. The number of hydrogen-bond acceptors (Lipinski definition) is 26. The summed E-state index contributed by atoms with van der Waals surface area (Å²) in [6.45, 7) is -0.963. The lowest BCUT2D eigenvalue weighted by Crippen LogP contribution is -2.66. The molecule has 17 atom stereocenters. The van der Waals surface area contributed by atoms with Crippen LogP contribution in [0, 0.1) is 5.92 Å². The van der Waals surface area contributed by atoms with Gasteiger partial charge >= 0.3 is 47.6 Å². The van der Waals surface area contributed by atoms with E-state index in [1.807, 2.05) is 0 Å². The third kappa shape index (κ3) is 15.5. The van der Waals surface area contributed by atoms with Gasteiger partial charge in [0.25, 0.3) is 0 Å². The summed E-state index contributed by atoms with van der Waals surface area (Å²) in [5.41, 5.74) is 0. The Bertz CT molecular complexity index is 1930. The van der Waals surface area contributed by atoms with Crippen LogP contribution in [-0.2, 0) is 120 Å². The molecule has 0 aromatic carbocycles. The molecule has 0 aliphatic carbocycles. The van der Waals surface area contributed by atoms with Crippen molar-refractivity contribution in [2.75, 3.05) is 55.4 Å². The Morgan fingerprint density at radius 1 is 0.571 bits per heavy atom. The minimum atomic E-state index is -5.74. The average Bonchev–Trinajstić information content (AvgIpc) is 3.18. The quantitative estimate of drug-likeness (QED) is 0.0546. The summed E-state index contributed by atoms with van der Waals surface area (Å²) < 4.78 is 219. The van der Waals surface area contributed by atoms with Crippen molar-refractivity contribution in [3.05, 3.63) is 0 Å². The van der Waals surface area contributed by atoms with Crippen LogP contribution in [0.15, 0.2) is 0 Å². The fourth-order valence-electron chi connectivity index (χ4n) is 7.22. The Morgan fingerprint density at radius 3 is 1.62 bits per heavy atom. The molecule has 0 amide bonds. The molecule has 4 heterocycles. The van der Waals surface area contributed by atoms with E-state index in [0.29, 0.717) is 0 Å². The second-order valence-electron chi connectivity index (χ2n) is 13.9. The van der Waals surface area contributed by atoms with E-state index < -0.39 is 178 Å². The van der Waals surface area contributed by atoms with E-state index in [1.165, 1.54) is 7.11 Å². The molecule has 63 heavy (non-hydrogen) atoms. The highest BCUT2D eigenvalue weighted by Crippen LogP contribution is 2.38. The Labute approximate surface area is 361 Å². The number of aliphatic hydroxyl groups is 1. The Hall–Kier alpha value is -1.53. The zero-order valence-corrected chi connectivity index (χ0v) is 37.2. The second-order valence-corrected chi connectivity index (χ2v) is 18.2. The first-order valence-corrected chi connectivity index (χ1v) is 23.6. The van der Waals surface area contributed by atoms with E-state index in [-0.39, 0.29) is 6.42 Å². The first-order chi connectivity index (χ1) is 29.2. The van der Waals surface area contributed by atoms with Gasteiger partial charge in [-0.15, -0.1) is 0 Å². The maximum atomic E-state index is 13.3. The molecule has 4 saturated heterocycles. The smallest absolute Gasteiger partial charge is 0.397 e. The SMILES string of the molecule is COC(=O)[C@H]1O[C@@H](O[C@H]2[C@H](OS(=O)(=O)O)[C@@H](OS(=O)(=O)O)[C@@H](O[C@@H]3CO[C@@H](O)[C@H](OC)[C@H]3OC)O[C@@H]2COS(=O)(=O)O)C[C@@H](OC)[C@@H]1O[C@@H]1C[C@@H](OC)[C@H](C)[C@@H](COS(=O)(=O)O)O1. The molecule has 370 valence electrons. The van der Waals surface area contributed by atoms with Crippen molar-refractivity contribution >= 4 is 47.6 Å². The summed E-state index contributed by atoms with van der Waals surface area (Å²) in [4.78, 5) is 13.3. The highest BCUT2D eigenvalue weighted by molar-refractivity contribution is 7.81. The van der Waals surface area contributed by atoms with Gasteiger partial charge in [0.05, 0.1) is 45.2 Å². The molecule has 4 aliphatic heterocycles. The molecule has 0 bridgehead atoms. The highest BCUT2D eigenvalue weighted by Gasteiger charge is 2.57. The predicted molar refractivity (Wildman–Crippen MR) is 194 cm³/mol. The van der Waals surface area contributed by atoms with Crippen molar-refractivity contribution in [1.29, 1.82) is 0 Å². The zero-order valence-electron chi connectivity index (χ0n) is 33.9. The number of ether oxygens (including phenoxy) is 12. The van der Waals surface area contributed by atoms with Gasteiger partial charge in [0, 0.05) is 47.2 Å². The molecule has 4 rings (SSSR count). The van der Waals surface area contributed by atoms with E-state index >= 15 is 0 Å². The van der Waals surface area contributed by atoms with Crippen molar-refractivity contribution in [3.8, 4) is 0 Å². The van der Waals surface area contributed by atoms with Gasteiger partial charge in [-0.3, -0.25) is 18.2 Å². The maximum absolute atomic E-state index is 13.3. The standard InChI is InChI=1S/C29H50O30S4/c1-12-13(44-2)7-18(52-15(12)10-50-60(32,33)34)55-21-14(45-3)8-19(57-25(21)27(30)48-6)56-22-17(11-51-61(35,36)37)54-29(26(59-63(41,42)43)23(22)58-62(38,39)40)53-16-9-49-28(31)24(47-5)20(16)46-4/h12-26,28-29,31H,7-11H2,1-6H3,(H,32,33,34)(H,35,36,37)(H,38,39,40)(H,41,42,43)/t12-,13+,14+,15+,16+,17+,18+,19+,20-,21-,22+,23-,24+,25-,26+,28+,29-/m0/s1. The Balaban J connectivity index is 1.72. The lowest BCUT2D eigenvalue weighted by atomic mass is 9.92. The number of hydrogen-bond donors (Lipinski definition) is 5. The van der Waals surface area contributed by atoms with Crippen LogP contribution in [0.5, 0.6) is 0 Å². The normalized spacial score (nSPS) is 38.6. The zero-order chi connectivity index (χ0) is 47.2. The van der Waals surface area contributed by atoms with Gasteiger partial charge in [-0.2, -0.15) is 33.7 Å². The van der Waals surface area contributed by atoms with Crippen molar-refractivity contribution < 1.29 is 135 Å². The third-order valence-corrected chi connectivity index (χ3v) is 11.8. The van der Waals surface area contributed by atoms with Crippen LogP contribution in [0.4, 0.5) is 0 Å². The molecule has 0 spiro atoms. The molecule has 0 aromatic heterocycles. The summed E-state index contributed by atoms with van der Waals surface area (Å²) in [7, 11) is -16.0. The molecule has 0 saturated carbocycles. The van der Waals surface area contributed by atoms with Crippen LogP contribution < -0.4 is 0 Å². The largest absolute Gasteiger partial charge is 0.467 e. The second kappa shape index (κ2) is 22.5. The minimum absolute atomic E-state index is 0.0342. The Morgan fingerprint density at radius 2 is 1.10 bits per heavy atom. The van der Waals surface area contributed by atoms with Crippen molar-refractivity contribution in [2.24, 2.45) is 5.92 Å². The molecule has 0 radical (unpaired) electrons. The van der Waals surface area contributed by atoms with E-state index in [9.17, 15) is 57.2 Å². The molecule has 34 heteroatoms.